The van der Waals surface area contributed by atoms with Gasteiger partial charge in [0.25, 0.3) is 0 Å². The molecule has 0 radical (unpaired) electrons. The summed E-state index contributed by atoms with van der Waals surface area (Å²) < 4.78 is 0. The van der Waals surface area contributed by atoms with Crippen LogP contribution in [0.15, 0.2) is 6.07 Å². The van der Waals surface area contributed by atoms with Crippen molar-refractivity contribution in [1.29, 1.82) is 0 Å². The van der Waals surface area contributed by atoms with E-state index in [1.165, 1.54) is 25.7 Å². The summed E-state index contributed by atoms with van der Waals surface area (Å²) >= 11 is 0. The van der Waals surface area contributed by atoms with E-state index in [2.05, 4.69) is 35.5 Å². The van der Waals surface area contributed by atoms with E-state index in [0.29, 0.717) is 12.0 Å². The average Bonchev–Trinajstić information content (AvgIpc) is 3.29. The number of rotatable bonds is 7. The molecule has 0 amide bonds. The Morgan fingerprint density at radius 1 is 1.21 bits per heavy atom. The normalized spacial score (nSPS) is 25.2. The van der Waals surface area contributed by atoms with Crippen LogP contribution in [0.25, 0.3) is 0 Å². The Kier molecular flexibility index (Phi) is 3.58. The van der Waals surface area contributed by atoms with Crippen LogP contribution < -0.4 is 10.6 Å². The van der Waals surface area contributed by atoms with Crippen LogP contribution in [0.1, 0.15) is 57.7 Å². The molecule has 0 bridgehead atoms. The van der Waals surface area contributed by atoms with Crippen molar-refractivity contribution in [2.75, 3.05) is 17.2 Å². The lowest BCUT2D eigenvalue weighted by atomic mass is 10.3. The van der Waals surface area contributed by atoms with Gasteiger partial charge in [0, 0.05) is 24.6 Å². The van der Waals surface area contributed by atoms with Crippen LogP contribution in [0, 0.1) is 5.92 Å². The molecule has 3 rings (SSSR count). The first-order valence-corrected chi connectivity index (χ1v) is 7.69. The van der Waals surface area contributed by atoms with Crippen molar-refractivity contribution in [3.63, 3.8) is 0 Å². The predicted molar refractivity (Wildman–Crippen MR) is 78.6 cm³/mol. The molecule has 0 aromatic carbocycles. The highest BCUT2D eigenvalue weighted by Crippen LogP contribution is 2.40. The molecule has 19 heavy (non-hydrogen) atoms. The molecule has 0 spiro atoms. The molecule has 1 heterocycles. The standard InChI is InChI=1S/C15H24N4/c1-3-7-16-13-9-14(17-12-8-10(12)4-2)19-15(18-13)11-5-6-11/h9-12H,3-8H2,1-2H3,(H2,16,17,18,19). The second kappa shape index (κ2) is 5.35. The maximum atomic E-state index is 4.69. The van der Waals surface area contributed by atoms with Crippen molar-refractivity contribution >= 4 is 11.6 Å². The molecular formula is C15H24N4. The molecule has 0 saturated heterocycles. The van der Waals surface area contributed by atoms with Gasteiger partial charge in [0.05, 0.1) is 0 Å². The summed E-state index contributed by atoms with van der Waals surface area (Å²) in [5.41, 5.74) is 0. The molecule has 104 valence electrons. The van der Waals surface area contributed by atoms with Gasteiger partial charge in [-0.2, -0.15) is 0 Å². The van der Waals surface area contributed by atoms with Crippen LogP contribution in [0.5, 0.6) is 0 Å². The zero-order valence-electron chi connectivity index (χ0n) is 11.9. The number of hydrogen-bond acceptors (Lipinski definition) is 4. The smallest absolute Gasteiger partial charge is 0.136 e. The minimum absolute atomic E-state index is 0.602. The van der Waals surface area contributed by atoms with E-state index in [-0.39, 0.29) is 0 Å². The number of hydrogen-bond donors (Lipinski definition) is 2. The fraction of sp³-hybridized carbons (Fsp3) is 0.733. The second-order valence-electron chi connectivity index (χ2n) is 5.85. The second-order valence-corrected chi connectivity index (χ2v) is 5.85. The van der Waals surface area contributed by atoms with Crippen LogP contribution in [0.2, 0.25) is 0 Å². The Bertz CT molecular complexity index is 442. The van der Waals surface area contributed by atoms with Crippen LogP contribution in [-0.2, 0) is 0 Å². The third kappa shape index (κ3) is 3.17. The molecule has 2 atom stereocenters. The number of nitrogens with zero attached hydrogens (tertiary/aromatic N) is 2. The Morgan fingerprint density at radius 3 is 2.63 bits per heavy atom. The van der Waals surface area contributed by atoms with Gasteiger partial charge in [0.1, 0.15) is 17.5 Å². The van der Waals surface area contributed by atoms with Gasteiger partial charge < -0.3 is 10.6 Å². The zero-order valence-corrected chi connectivity index (χ0v) is 11.9. The molecule has 2 aliphatic rings. The molecule has 1 aromatic rings. The Labute approximate surface area is 115 Å². The van der Waals surface area contributed by atoms with Gasteiger partial charge in [0.15, 0.2) is 0 Å². The van der Waals surface area contributed by atoms with E-state index < -0.39 is 0 Å². The summed E-state index contributed by atoms with van der Waals surface area (Å²) in [5.74, 6) is 4.46. The van der Waals surface area contributed by atoms with Gasteiger partial charge in [-0.25, -0.2) is 9.97 Å². The van der Waals surface area contributed by atoms with Crippen molar-refractivity contribution < 1.29 is 0 Å². The van der Waals surface area contributed by atoms with E-state index in [1.807, 2.05) is 0 Å². The highest BCUT2D eigenvalue weighted by atomic mass is 15.1. The van der Waals surface area contributed by atoms with Crippen molar-refractivity contribution in [3.8, 4) is 0 Å². The lowest BCUT2D eigenvalue weighted by Crippen LogP contribution is -2.10. The fourth-order valence-electron chi connectivity index (χ4n) is 2.47. The van der Waals surface area contributed by atoms with Gasteiger partial charge >= 0.3 is 0 Å². The minimum atomic E-state index is 0.602. The summed E-state index contributed by atoms with van der Waals surface area (Å²) in [6.45, 7) is 5.41. The minimum Gasteiger partial charge on any atom is -0.370 e. The molecule has 2 N–H and O–H groups in total. The van der Waals surface area contributed by atoms with Gasteiger partial charge in [-0.1, -0.05) is 20.3 Å². The SMILES string of the molecule is CCCNc1cc(NC2CC2CC)nc(C2CC2)n1. The molecule has 2 saturated carbocycles. The quantitative estimate of drug-likeness (QED) is 0.789. The number of anilines is 2. The lowest BCUT2D eigenvalue weighted by molar-refractivity contribution is 0.772. The van der Waals surface area contributed by atoms with Crippen molar-refractivity contribution in [1.82, 2.24) is 9.97 Å². The first-order valence-electron chi connectivity index (χ1n) is 7.69. The molecule has 0 aliphatic heterocycles. The largest absolute Gasteiger partial charge is 0.370 e. The highest BCUT2D eigenvalue weighted by Gasteiger charge is 2.36. The summed E-state index contributed by atoms with van der Waals surface area (Å²) in [7, 11) is 0. The van der Waals surface area contributed by atoms with E-state index in [1.54, 1.807) is 0 Å². The van der Waals surface area contributed by atoms with Gasteiger partial charge in [-0.05, 0) is 31.6 Å². The van der Waals surface area contributed by atoms with Gasteiger partial charge in [-0.3, -0.25) is 0 Å². The number of aromatic nitrogens is 2. The highest BCUT2D eigenvalue weighted by molar-refractivity contribution is 5.49. The predicted octanol–water partition coefficient (Wildman–Crippen LogP) is 3.39. The fourth-order valence-corrected chi connectivity index (χ4v) is 2.47. The first-order chi connectivity index (χ1) is 9.30. The lowest BCUT2D eigenvalue weighted by Gasteiger charge is -2.10. The third-order valence-corrected chi connectivity index (χ3v) is 4.02. The van der Waals surface area contributed by atoms with Gasteiger partial charge in [-0.15, -0.1) is 0 Å². The Balaban J connectivity index is 1.71. The molecule has 4 heteroatoms. The molecule has 2 fully saturated rings. The van der Waals surface area contributed by atoms with E-state index >= 15 is 0 Å². The summed E-state index contributed by atoms with van der Waals surface area (Å²) in [6, 6.07) is 2.69. The zero-order chi connectivity index (χ0) is 13.2. The summed E-state index contributed by atoms with van der Waals surface area (Å²) in [5, 5.41) is 6.95. The van der Waals surface area contributed by atoms with E-state index in [9.17, 15) is 0 Å². The molecular weight excluding hydrogens is 236 g/mol. The van der Waals surface area contributed by atoms with Crippen LogP contribution in [0.3, 0.4) is 0 Å². The van der Waals surface area contributed by atoms with Crippen LogP contribution >= 0.6 is 0 Å². The Hall–Kier alpha value is -1.32. The summed E-state index contributed by atoms with van der Waals surface area (Å²) in [6.07, 6.45) is 6.16. The third-order valence-electron chi connectivity index (χ3n) is 4.02. The topological polar surface area (TPSA) is 49.8 Å². The average molecular weight is 260 g/mol. The van der Waals surface area contributed by atoms with Crippen LogP contribution in [-0.4, -0.2) is 22.6 Å². The van der Waals surface area contributed by atoms with E-state index in [0.717, 1.165) is 36.3 Å². The molecule has 2 unspecified atom stereocenters. The van der Waals surface area contributed by atoms with Crippen LogP contribution in [0.4, 0.5) is 11.6 Å². The van der Waals surface area contributed by atoms with Gasteiger partial charge in [0.2, 0.25) is 0 Å². The van der Waals surface area contributed by atoms with Crippen molar-refractivity contribution in [3.05, 3.63) is 11.9 Å². The van der Waals surface area contributed by atoms with Crippen molar-refractivity contribution in [2.45, 2.75) is 57.9 Å². The molecule has 1 aromatic heterocycles. The first kappa shape index (κ1) is 12.7. The maximum absolute atomic E-state index is 4.69. The maximum Gasteiger partial charge on any atom is 0.136 e. The number of nitrogens with one attached hydrogen (secondary N) is 2. The monoisotopic (exact) mass is 260 g/mol. The molecule has 4 nitrogen and oxygen atoms in total. The van der Waals surface area contributed by atoms with E-state index in [4.69, 9.17) is 4.98 Å². The van der Waals surface area contributed by atoms with Crippen molar-refractivity contribution in [2.24, 2.45) is 5.92 Å². The molecule has 2 aliphatic carbocycles. The Morgan fingerprint density at radius 2 is 2.00 bits per heavy atom. The summed E-state index contributed by atoms with van der Waals surface area (Å²) in [4.78, 5) is 9.33.